The van der Waals surface area contributed by atoms with Crippen LogP contribution in [0.1, 0.15) is 136 Å². The summed E-state index contributed by atoms with van der Waals surface area (Å²) in [4.78, 5) is 31.2. The molecule has 0 rings (SSSR count). The average molecular weight is 545 g/mol. The Balaban J connectivity index is 0. The summed E-state index contributed by atoms with van der Waals surface area (Å²) in [5, 5.41) is 0. The van der Waals surface area contributed by atoms with Gasteiger partial charge in [-0.3, -0.25) is 9.36 Å². The Hall–Kier alpha value is 0.540. The van der Waals surface area contributed by atoms with Crippen molar-refractivity contribution in [3.05, 3.63) is 0 Å². The van der Waals surface area contributed by atoms with E-state index < -0.39 is 7.82 Å². The van der Waals surface area contributed by atoms with Gasteiger partial charge in [-0.25, -0.2) is 0 Å². The van der Waals surface area contributed by atoms with Gasteiger partial charge in [-0.2, -0.15) is 0 Å². The number of hydrogen-bond donors (Lipinski definition) is 1. The first-order valence-electron chi connectivity index (χ1n) is 14.3. The number of rotatable bonds is 27. The van der Waals surface area contributed by atoms with Crippen LogP contribution >= 0.6 is 7.82 Å². The van der Waals surface area contributed by atoms with Crippen molar-refractivity contribution in [1.29, 1.82) is 0 Å². The van der Waals surface area contributed by atoms with Crippen molar-refractivity contribution in [2.75, 3.05) is 26.4 Å². The van der Waals surface area contributed by atoms with Gasteiger partial charge in [0.2, 0.25) is 0 Å². The predicted octanol–water partition coefficient (Wildman–Crippen LogP) is 4.10. The van der Waals surface area contributed by atoms with Crippen molar-refractivity contribution in [3.63, 3.8) is 0 Å². The Morgan fingerprint density at radius 2 is 1.14 bits per heavy atom. The van der Waals surface area contributed by atoms with E-state index in [-0.39, 0.29) is 67.9 Å². The van der Waals surface area contributed by atoms with Crippen LogP contribution in [0.4, 0.5) is 0 Å². The van der Waals surface area contributed by atoms with E-state index in [4.69, 9.17) is 14.4 Å². The normalized spacial score (nSPS) is 13.7. The maximum Gasteiger partial charge on any atom is 1.00 e. The van der Waals surface area contributed by atoms with Crippen LogP contribution in [0.15, 0.2) is 0 Å². The Morgan fingerprint density at radius 3 is 1.58 bits per heavy atom. The molecule has 0 fully saturated rings. The van der Waals surface area contributed by atoms with Crippen LogP contribution in [-0.4, -0.2) is 37.3 Å². The van der Waals surface area contributed by atoms with Gasteiger partial charge in [-0.15, -0.1) is 0 Å². The second-order valence-electron chi connectivity index (χ2n) is 9.66. The minimum absolute atomic E-state index is 0. The fourth-order valence-electron chi connectivity index (χ4n) is 4.30. The summed E-state index contributed by atoms with van der Waals surface area (Å²) in [6.07, 6.45) is 24.1. The fourth-order valence-corrected chi connectivity index (χ4v) is 4.61. The molecule has 0 amide bonds. The molecule has 0 saturated heterocycles. The van der Waals surface area contributed by atoms with Crippen molar-refractivity contribution in [2.45, 2.75) is 136 Å². The fraction of sp³-hybridized carbons (Fsp3) is 0.963. The monoisotopic (exact) mass is 544 g/mol. The van der Waals surface area contributed by atoms with Gasteiger partial charge in [0, 0.05) is 0 Å². The van der Waals surface area contributed by atoms with Crippen LogP contribution in [0.5, 0.6) is 0 Å². The minimum atomic E-state index is -4.71. The Labute approximate surface area is 243 Å². The van der Waals surface area contributed by atoms with E-state index >= 15 is 0 Å². The standard InChI is InChI=1S/C27H55O7P.Na/c1-3-5-6-7-8-9-10-11-12-13-14-15-16-17-18-19-21-26(20-4-2)27(28)33-24-22-32-23-25-34-35(29,30)31;/h26H,3-25H2,1-2H3,(H2,29,30,31);/q;+1/p-1. The summed E-state index contributed by atoms with van der Waals surface area (Å²) in [6.45, 7) is 4.39. The van der Waals surface area contributed by atoms with Crippen LogP contribution in [-0.2, 0) is 23.4 Å². The third-order valence-corrected chi connectivity index (χ3v) is 6.84. The molecule has 210 valence electrons. The Kier molecular flexibility index (Phi) is 30.7. The molecule has 0 aliphatic rings. The summed E-state index contributed by atoms with van der Waals surface area (Å²) in [6, 6.07) is 0. The molecule has 1 N–H and O–H groups in total. The van der Waals surface area contributed by atoms with Gasteiger partial charge < -0.3 is 23.8 Å². The van der Waals surface area contributed by atoms with Crippen molar-refractivity contribution in [1.82, 2.24) is 0 Å². The molecular formula is C27H54NaO7P. The predicted molar refractivity (Wildman–Crippen MR) is 140 cm³/mol. The summed E-state index contributed by atoms with van der Waals surface area (Å²) in [7, 11) is -4.71. The molecule has 2 unspecified atom stereocenters. The topological polar surface area (TPSA) is 105 Å². The summed E-state index contributed by atoms with van der Waals surface area (Å²) in [5.74, 6) is -0.234. The summed E-state index contributed by atoms with van der Waals surface area (Å²) < 4.78 is 25.1. The summed E-state index contributed by atoms with van der Waals surface area (Å²) >= 11 is 0. The maximum absolute atomic E-state index is 12.3. The molecule has 0 aliphatic carbocycles. The first kappa shape index (κ1) is 38.7. The van der Waals surface area contributed by atoms with Crippen molar-refractivity contribution >= 4 is 13.8 Å². The number of esters is 1. The van der Waals surface area contributed by atoms with Gasteiger partial charge >= 0.3 is 35.5 Å². The van der Waals surface area contributed by atoms with Gasteiger partial charge in [0.1, 0.15) is 6.61 Å². The van der Waals surface area contributed by atoms with E-state index in [0.717, 1.165) is 25.7 Å². The largest absolute Gasteiger partial charge is 1.00 e. The molecule has 0 aromatic rings. The number of ether oxygens (including phenoxy) is 2. The number of phosphoric acid groups is 1. The number of phosphoric ester groups is 1. The molecule has 0 aromatic carbocycles. The van der Waals surface area contributed by atoms with Crippen LogP contribution in [0, 0.1) is 5.92 Å². The van der Waals surface area contributed by atoms with Crippen LogP contribution < -0.4 is 34.5 Å². The van der Waals surface area contributed by atoms with Crippen molar-refractivity contribution in [2.24, 2.45) is 5.92 Å². The first-order valence-corrected chi connectivity index (χ1v) is 15.8. The van der Waals surface area contributed by atoms with E-state index in [1.165, 1.54) is 96.3 Å². The van der Waals surface area contributed by atoms with Crippen LogP contribution in [0.3, 0.4) is 0 Å². The Bertz CT molecular complexity index is 516. The molecule has 0 saturated carbocycles. The third-order valence-electron chi connectivity index (χ3n) is 6.33. The number of unbranched alkanes of at least 4 members (excludes halogenated alkanes) is 15. The molecule has 0 radical (unpaired) electrons. The number of carbonyl (C=O) groups is 1. The number of hydrogen-bond acceptors (Lipinski definition) is 6. The molecule has 0 aromatic heterocycles. The molecule has 0 heterocycles. The van der Waals surface area contributed by atoms with Crippen molar-refractivity contribution in [3.8, 4) is 0 Å². The molecular weight excluding hydrogens is 490 g/mol. The smallest absolute Gasteiger partial charge is 0.756 e. The molecule has 0 spiro atoms. The SMILES string of the molecule is CCCCCCCCCCCCCCCCCCC(CCC)C(=O)OCCOCCOP(=O)([O-])O.[Na+]. The molecule has 2 atom stereocenters. The van der Waals surface area contributed by atoms with Crippen LogP contribution in [0.2, 0.25) is 0 Å². The number of carbonyl (C=O) groups excluding carboxylic acids is 1. The maximum atomic E-state index is 12.3. The second kappa shape index (κ2) is 28.5. The first-order chi connectivity index (χ1) is 16.9. The van der Waals surface area contributed by atoms with Gasteiger partial charge in [-0.1, -0.05) is 123 Å². The Morgan fingerprint density at radius 1 is 0.694 bits per heavy atom. The molecule has 0 bridgehead atoms. The van der Waals surface area contributed by atoms with E-state index in [1.807, 2.05) is 0 Å². The summed E-state index contributed by atoms with van der Waals surface area (Å²) in [5.41, 5.74) is 0. The second-order valence-corrected chi connectivity index (χ2v) is 10.9. The van der Waals surface area contributed by atoms with E-state index in [0.29, 0.717) is 0 Å². The van der Waals surface area contributed by atoms with Gasteiger partial charge in [0.15, 0.2) is 0 Å². The van der Waals surface area contributed by atoms with E-state index in [1.54, 1.807) is 0 Å². The molecule has 0 aliphatic heterocycles. The van der Waals surface area contributed by atoms with Gasteiger partial charge in [0.25, 0.3) is 7.82 Å². The molecule has 9 heteroatoms. The van der Waals surface area contributed by atoms with Gasteiger partial charge in [0.05, 0.1) is 25.7 Å². The van der Waals surface area contributed by atoms with Gasteiger partial charge in [-0.05, 0) is 12.8 Å². The minimum Gasteiger partial charge on any atom is -0.756 e. The zero-order valence-electron chi connectivity index (χ0n) is 23.7. The van der Waals surface area contributed by atoms with Crippen LogP contribution in [0.25, 0.3) is 0 Å². The van der Waals surface area contributed by atoms with E-state index in [9.17, 15) is 14.3 Å². The molecule has 36 heavy (non-hydrogen) atoms. The van der Waals surface area contributed by atoms with Crippen molar-refractivity contribution < 1.29 is 62.7 Å². The zero-order valence-corrected chi connectivity index (χ0v) is 26.6. The zero-order chi connectivity index (χ0) is 26.0. The third kappa shape index (κ3) is 29.1. The average Bonchev–Trinajstić information content (AvgIpc) is 2.81. The van der Waals surface area contributed by atoms with E-state index in [2.05, 4.69) is 18.4 Å². The molecule has 7 nitrogen and oxygen atoms in total. The quantitative estimate of drug-likeness (QED) is 0.0719.